The zero-order chi connectivity index (χ0) is 13.1. The summed E-state index contributed by atoms with van der Waals surface area (Å²) in [6.07, 6.45) is -3.82. The van der Waals surface area contributed by atoms with E-state index in [2.05, 4.69) is 15.9 Å². The van der Waals surface area contributed by atoms with Gasteiger partial charge in [-0.25, -0.2) is 0 Å². The topological polar surface area (TPSA) is 17.1 Å². The van der Waals surface area contributed by atoms with E-state index in [0.29, 0.717) is 10.9 Å². The fourth-order valence-corrected chi connectivity index (χ4v) is 1.93. The number of carbonyl (C=O) groups excluding carboxylic acids is 1. The van der Waals surface area contributed by atoms with E-state index in [1.54, 1.807) is 6.92 Å². The molecule has 1 aromatic carbocycles. The van der Waals surface area contributed by atoms with Crippen LogP contribution >= 0.6 is 15.9 Å². The monoisotopic (exact) mass is 308 g/mol. The van der Waals surface area contributed by atoms with Crippen LogP contribution in [0.25, 0.3) is 0 Å². The Morgan fingerprint density at radius 3 is 2.47 bits per heavy atom. The van der Waals surface area contributed by atoms with Gasteiger partial charge in [0, 0.05) is 17.3 Å². The smallest absolute Gasteiger partial charge is 0.294 e. The molecule has 1 aromatic rings. The molecule has 1 rings (SSSR count). The summed E-state index contributed by atoms with van der Waals surface area (Å²) in [5.41, 5.74) is -0.150. The molecule has 94 valence electrons. The van der Waals surface area contributed by atoms with Gasteiger partial charge >= 0.3 is 6.18 Å². The molecule has 0 saturated carbocycles. The Morgan fingerprint density at radius 2 is 2.00 bits per heavy atom. The summed E-state index contributed by atoms with van der Waals surface area (Å²) >= 11 is 3.13. The highest BCUT2D eigenvalue weighted by Crippen LogP contribution is 2.32. The van der Waals surface area contributed by atoms with Gasteiger partial charge in [0.25, 0.3) is 0 Å². The van der Waals surface area contributed by atoms with Crippen LogP contribution in [0.1, 0.15) is 34.8 Å². The molecule has 0 radical (unpaired) electrons. The van der Waals surface area contributed by atoms with Crippen LogP contribution in [0, 0.1) is 0 Å². The fraction of sp³-hybridized carbons (Fsp3) is 0.417. The third-order valence-electron chi connectivity index (χ3n) is 2.44. The number of alkyl halides is 4. The number of Topliss-reactive ketones (excluding diaryl/α,β-unsaturated/α-hetero) is 1. The first kappa shape index (κ1) is 14.2. The molecule has 0 N–H and O–H groups in total. The number of ketones is 1. The molecule has 0 unspecified atom stereocenters. The van der Waals surface area contributed by atoms with Crippen LogP contribution in [0.2, 0.25) is 0 Å². The maximum atomic E-state index is 12.6. The number of aryl methyl sites for hydroxylation is 1. The Balaban J connectivity index is 3.13. The first-order valence-corrected chi connectivity index (χ1v) is 6.31. The standard InChI is InChI=1S/C12H12BrF3O/c1-2-8-7-9(11(17)5-6-13)3-4-10(8)12(14,15)16/h3-4,7H,2,5-6H2,1H3. The summed E-state index contributed by atoms with van der Waals surface area (Å²) in [7, 11) is 0. The van der Waals surface area contributed by atoms with Gasteiger partial charge in [0.05, 0.1) is 5.56 Å². The maximum absolute atomic E-state index is 12.6. The van der Waals surface area contributed by atoms with Crippen molar-refractivity contribution >= 4 is 21.7 Å². The molecule has 0 aliphatic rings. The molecule has 5 heteroatoms. The second kappa shape index (κ2) is 5.67. The number of carbonyl (C=O) groups is 1. The van der Waals surface area contributed by atoms with Crippen LogP contribution < -0.4 is 0 Å². The summed E-state index contributed by atoms with van der Waals surface area (Å²) in [5, 5.41) is 0.508. The Bertz CT molecular complexity index is 413. The van der Waals surface area contributed by atoms with Gasteiger partial charge in [-0.2, -0.15) is 13.2 Å². The number of hydrogen-bond donors (Lipinski definition) is 0. The Kier molecular flexibility index (Phi) is 4.74. The normalized spacial score (nSPS) is 11.6. The highest BCUT2D eigenvalue weighted by Gasteiger charge is 2.32. The summed E-state index contributed by atoms with van der Waals surface area (Å²) in [6, 6.07) is 3.57. The van der Waals surface area contributed by atoms with Crippen LogP contribution in [0.3, 0.4) is 0 Å². The van der Waals surface area contributed by atoms with Crippen molar-refractivity contribution in [3.63, 3.8) is 0 Å². The molecule has 17 heavy (non-hydrogen) atoms. The van der Waals surface area contributed by atoms with Crippen molar-refractivity contribution in [2.45, 2.75) is 25.9 Å². The predicted molar refractivity (Wildman–Crippen MR) is 63.6 cm³/mol. The van der Waals surface area contributed by atoms with E-state index < -0.39 is 11.7 Å². The third kappa shape index (κ3) is 3.56. The first-order chi connectivity index (χ1) is 7.90. The molecule has 0 amide bonds. The number of hydrogen-bond acceptors (Lipinski definition) is 1. The van der Waals surface area contributed by atoms with Crippen molar-refractivity contribution in [2.75, 3.05) is 5.33 Å². The van der Waals surface area contributed by atoms with Crippen LogP contribution in [0.5, 0.6) is 0 Å². The van der Waals surface area contributed by atoms with Gasteiger partial charge in [-0.05, 0) is 24.1 Å². The minimum atomic E-state index is -4.36. The van der Waals surface area contributed by atoms with E-state index in [1.807, 2.05) is 0 Å². The zero-order valence-electron chi connectivity index (χ0n) is 9.27. The van der Waals surface area contributed by atoms with E-state index in [1.165, 1.54) is 12.1 Å². The van der Waals surface area contributed by atoms with Crippen LogP contribution in [-0.2, 0) is 12.6 Å². The van der Waals surface area contributed by atoms with Crippen LogP contribution in [0.15, 0.2) is 18.2 Å². The van der Waals surface area contributed by atoms with Crippen molar-refractivity contribution < 1.29 is 18.0 Å². The SMILES string of the molecule is CCc1cc(C(=O)CCBr)ccc1C(F)(F)F. The Morgan fingerprint density at radius 1 is 1.35 bits per heavy atom. The predicted octanol–water partition coefficient (Wildman–Crippen LogP) is 4.24. The summed E-state index contributed by atoms with van der Waals surface area (Å²) in [6.45, 7) is 1.64. The van der Waals surface area contributed by atoms with Crippen molar-refractivity contribution in [3.8, 4) is 0 Å². The highest BCUT2D eigenvalue weighted by molar-refractivity contribution is 9.09. The van der Waals surface area contributed by atoms with Gasteiger partial charge in [-0.3, -0.25) is 4.79 Å². The van der Waals surface area contributed by atoms with Gasteiger partial charge < -0.3 is 0 Å². The van der Waals surface area contributed by atoms with Crippen molar-refractivity contribution in [1.82, 2.24) is 0 Å². The van der Waals surface area contributed by atoms with Crippen molar-refractivity contribution in [3.05, 3.63) is 34.9 Å². The van der Waals surface area contributed by atoms with E-state index in [0.717, 1.165) is 6.07 Å². The molecule has 1 nitrogen and oxygen atoms in total. The van der Waals surface area contributed by atoms with Gasteiger partial charge in [0.2, 0.25) is 0 Å². The Labute approximate surface area is 106 Å². The number of rotatable bonds is 4. The Hall–Kier alpha value is -0.840. The van der Waals surface area contributed by atoms with E-state index in [4.69, 9.17) is 0 Å². The summed E-state index contributed by atoms with van der Waals surface area (Å²) in [4.78, 5) is 11.6. The molecule has 0 fully saturated rings. The fourth-order valence-electron chi connectivity index (χ4n) is 1.57. The molecule has 0 bridgehead atoms. The number of benzene rings is 1. The lowest BCUT2D eigenvalue weighted by molar-refractivity contribution is -0.138. The van der Waals surface area contributed by atoms with Gasteiger partial charge in [-0.1, -0.05) is 28.9 Å². The lowest BCUT2D eigenvalue weighted by Crippen LogP contribution is -2.10. The third-order valence-corrected chi connectivity index (χ3v) is 2.83. The lowest BCUT2D eigenvalue weighted by atomic mass is 9.99. The van der Waals surface area contributed by atoms with E-state index in [-0.39, 0.29) is 24.2 Å². The largest absolute Gasteiger partial charge is 0.416 e. The lowest BCUT2D eigenvalue weighted by Gasteiger charge is -2.12. The van der Waals surface area contributed by atoms with Crippen molar-refractivity contribution in [2.24, 2.45) is 0 Å². The summed E-state index contributed by atoms with van der Waals surface area (Å²) < 4.78 is 37.9. The molecular weight excluding hydrogens is 297 g/mol. The first-order valence-electron chi connectivity index (χ1n) is 5.19. The molecule has 0 saturated heterocycles. The van der Waals surface area contributed by atoms with E-state index >= 15 is 0 Å². The molecule has 0 atom stereocenters. The second-order valence-corrected chi connectivity index (χ2v) is 4.38. The molecule has 0 aliphatic heterocycles. The highest BCUT2D eigenvalue weighted by atomic mass is 79.9. The minimum Gasteiger partial charge on any atom is -0.294 e. The molecule has 0 aliphatic carbocycles. The quantitative estimate of drug-likeness (QED) is 0.601. The van der Waals surface area contributed by atoms with Gasteiger partial charge in [0.1, 0.15) is 0 Å². The van der Waals surface area contributed by atoms with Crippen LogP contribution in [-0.4, -0.2) is 11.1 Å². The van der Waals surface area contributed by atoms with Gasteiger partial charge in [-0.15, -0.1) is 0 Å². The van der Waals surface area contributed by atoms with Gasteiger partial charge in [0.15, 0.2) is 5.78 Å². The molecule has 0 spiro atoms. The average molecular weight is 309 g/mol. The number of halogens is 4. The maximum Gasteiger partial charge on any atom is 0.416 e. The van der Waals surface area contributed by atoms with Crippen LogP contribution in [0.4, 0.5) is 13.2 Å². The minimum absolute atomic E-state index is 0.148. The average Bonchev–Trinajstić information content (AvgIpc) is 2.27. The molecular formula is C12H12BrF3O. The second-order valence-electron chi connectivity index (χ2n) is 3.59. The zero-order valence-corrected chi connectivity index (χ0v) is 10.9. The van der Waals surface area contributed by atoms with E-state index in [9.17, 15) is 18.0 Å². The molecule has 0 heterocycles. The molecule has 0 aromatic heterocycles. The van der Waals surface area contributed by atoms with Crippen molar-refractivity contribution in [1.29, 1.82) is 0 Å². The summed E-state index contributed by atoms with van der Waals surface area (Å²) in [5.74, 6) is -0.148.